The lowest BCUT2D eigenvalue weighted by molar-refractivity contribution is 0.900. The van der Waals surface area contributed by atoms with Crippen molar-refractivity contribution in [3.8, 4) is 11.1 Å². The third-order valence-corrected chi connectivity index (χ3v) is 4.53. The van der Waals surface area contributed by atoms with Gasteiger partial charge in [0, 0.05) is 37.7 Å². The Bertz CT molecular complexity index is 812. The third-order valence-electron chi connectivity index (χ3n) is 3.57. The van der Waals surface area contributed by atoms with Gasteiger partial charge in [-0.1, -0.05) is 40.9 Å². The van der Waals surface area contributed by atoms with E-state index in [2.05, 4.69) is 14.9 Å². The molecule has 0 saturated carbocycles. The monoisotopic (exact) mass is 365 g/mol. The molecule has 118 valence electrons. The lowest BCUT2D eigenvalue weighted by Gasteiger charge is -2.18. The summed E-state index contributed by atoms with van der Waals surface area (Å²) in [5.74, 6) is 0.857. The highest BCUT2D eigenvalue weighted by atomic mass is 35.5. The van der Waals surface area contributed by atoms with Crippen LogP contribution in [0.4, 0.5) is 5.82 Å². The summed E-state index contributed by atoms with van der Waals surface area (Å²) in [4.78, 5) is 9.54. The summed E-state index contributed by atoms with van der Waals surface area (Å²) in [5, 5.41) is 1.72. The molecule has 0 atom stereocenters. The van der Waals surface area contributed by atoms with Crippen molar-refractivity contribution in [3.63, 3.8) is 0 Å². The first kappa shape index (κ1) is 16.2. The summed E-state index contributed by atoms with van der Waals surface area (Å²) in [6, 6.07) is 9.37. The van der Waals surface area contributed by atoms with Crippen molar-refractivity contribution in [2.45, 2.75) is 6.54 Å². The lowest BCUT2D eigenvalue weighted by Crippen LogP contribution is -2.17. The summed E-state index contributed by atoms with van der Waals surface area (Å²) >= 11 is 18.0. The Hall–Kier alpha value is -1.68. The molecule has 2 aromatic heterocycles. The van der Waals surface area contributed by atoms with Gasteiger partial charge in [0.25, 0.3) is 0 Å². The first-order valence-electron chi connectivity index (χ1n) is 6.98. The number of halogens is 3. The van der Waals surface area contributed by atoms with E-state index in [0.717, 1.165) is 22.5 Å². The number of nitrogens with zero attached hydrogens (tertiary/aromatic N) is 2. The van der Waals surface area contributed by atoms with Gasteiger partial charge in [0.05, 0.1) is 15.1 Å². The predicted molar refractivity (Wildman–Crippen MR) is 97.6 cm³/mol. The van der Waals surface area contributed by atoms with Gasteiger partial charge >= 0.3 is 0 Å². The van der Waals surface area contributed by atoms with Crippen LogP contribution in [-0.2, 0) is 6.54 Å². The third kappa shape index (κ3) is 3.63. The molecule has 0 aliphatic carbocycles. The molecule has 3 nitrogen and oxygen atoms in total. The Morgan fingerprint density at radius 2 is 1.87 bits per heavy atom. The largest absolute Gasteiger partial charge is 0.367 e. The Morgan fingerprint density at radius 1 is 1.04 bits per heavy atom. The smallest absolute Gasteiger partial charge is 0.128 e. The fourth-order valence-electron chi connectivity index (χ4n) is 2.39. The second kappa shape index (κ2) is 6.83. The molecule has 23 heavy (non-hydrogen) atoms. The van der Waals surface area contributed by atoms with Gasteiger partial charge in [-0.3, -0.25) is 0 Å². The van der Waals surface area contributed by atoms with Gasteiger partial charge < -0.3 is 9.88 Å². The molecule has 0 fully saturated rings. The minimum Gasteiger partial charge on any atom is -0.367 e. The van der Waals surface area contributed by atoms with Gasteiger partial charge in [0.15, 0.2) is 0 Å². The van der Waals surface area contributed by atoms with E-state index < -0.39 is 0 Å². The van der Waals surface area contributed by atoms with E-state index in [4.69, 9.17) is 34.8 Å². The van der Waals surface area contributed by atoms with E-state index in [1.54, 1.807) is 12.3 Å². The van der Waals surface area contributed by atoms with Crippen molar-refractivity contribution in [1.82, 2.24) is 9.97 Å². The Morgan fingerprint density at radius 3 is 2.57 bits per heavy atom. The molecule has 6 heteroatoms. The fourth-order valence-corrected chi connectivity index (χ4v) is 2.80. The van der Waals surface area contributed by atoms with E-state index in [-0.39, 0.29) is 0 Å². The Balaban J connectivity index is 1.86. The van der Waals surface area contributed by atoms with Gasteiger partial charge in [-0.05, 0) is 35.4 Å². The van der Waals surface area contributed by atoms with E-state index in [1.807, 2.05) is 43.7 Å². The van der Waals surface area contributed by atoms with Crippen molar-refractivity contribution in [2.24, 2.45) is 0 Å². The van der Waals surface area contributed by atoms with Gasteiger partial charge in [0.2, 0.25) is 0 Å². The van der Waals surface area contributed by atoms with Crippen LogP contribution in [0.25, 0.3) is 11.1 Å². The number of hydrogen-bond donors (Lipinski definition) is 1. The van der Waals surface area contributed by atoms with Gasteiger partial charge in [0.1, 0.15) is 5.82 Å². The van der Waals surface area contributed by atoms with Crippen LogP contribution in [0.5, 0.6) is 0 Å². The number of nitrogens with one attached hydrogen (secondary N) is 1. The number of benzene rings is 1. The zero-order valence-corrected chi connectivity index (χ0v) is 14.6. The number of pyridine rings is 1. The van der Waals surface area contributed by atoms with E-state index in [1.165, 1.54) is 0 Å². The summed E-state index contributed by atoms with van der Waals surface area (Å²) < 4.78 is 0. The maximum Gasteiger partial charge on any atom is 0.128 e. The molecular formula is C17H14Cl3N3. The topological polar surface area (TPSA) is 31.9 Å². The van der Waals surface area contributed by atoms with Crippen molar-refractivity contribution < 1.29 is 0 Å². The molecule has 0 amide bonds. The Kier molecular flexibility index (Phi) is 4.81. The van der Waals surface area contributed by atoms with Gasteiger partial charge in [-0.2, -0.15) is 0 Å². The van der Waals surface area contributed by atoms with Crippen LogP contribution < -0.4 is 4.90 Å². The number of anilines is 1. The normalized spacial score (nSPS) is 10.8. The lowest BCUT2D eigenvalue weighted by atomic mass is 10.0. The number of aromatic amines is 1. The molecule has 0 saturated heterocycles. The standard InChI is InChI=1S/C17H14Cl3N3/c1-23(17-5-3-13(18)8-22-17)10-12-7-21-9-14(12)11-2-4-15(19)16(20)6-11/h2-9,21H,10H2,1H3. The first-order valence-corrected chi connectivity index (χ1v) is 8.12. The Labute approximate surface area is 149 Å². The number of rotatable bonds is 4. The molecule has 1 aromatic carbocycles. The van der Waals surface area contributed by atoms with Gasteiger partial charge in [-0.25, -0.2) is 4.98 Å². The summed E-state index contributed by atoms with van der Waals surface area (Å²) in [6.07, 6.45) is 5.58. The van der Waals surface area contributed by atoms with Crippen LogP contribution in [0.1, 0.15) is 5.56 Å². The zero-order valence-electron chi connectivity index (χ0n) is 12.4. The minimum absolute atomic E-state index is 0.545. The average molecular weight is 367 g/mol. The number of aromatic nitrogens is 2. The zero-order chi connectivity index (χ0) is 16.4. The molecule has 3 aromatic rings. The van der Waals surface area contributed by atoms with Crippen molar-refractivity contribution in [3.05, 3.63) is 69.6 Å². The van der Waals surface area contributed by atoms with Crippen LogP contribution in [0, 0.1) is 0 Å². The highest BCUT2D eigenvalue weighted by molar-refractivity contribution is 6.42. The molecule has 0 radical (unpaired) electrons. The SMILES string of the molecule is CN(Cc1c[nH]cc1-c1ccc(Cl)c(Cl)c1)c1ccc(Cl)cn1. The molecule has 2 heterocycles. The van der Waals surface area contributed by atoms with Crippen molar-refractivity contribution in [2.75, 3.05) is 11.9 Å². The van der Waals surface area contributed by atoms with Crippen molar-refractivity contribution >= 4 is 40.6 Å². The van der Waals surface area contributed by atoms with Gasteiger partial charge in [-0.15, -0.1) is 0 Å². The van der Waals surface area contributed by atoms with Crippen LogP contribution in [0.2, 0.25) is 15.1 Å². The molecule has 0 spiro atoms. The summed E-state index contributed by atoms with van der Waals surface area (Å²) in [6.45, 7) is 0.702. The van der Waals surface area contributed by atoms with E-state index >= 15 is 0 Å². The molecule has 0 aliphatic rings. The van der Waals surface area contributed by atoms with Crippen LogP contribution >= 0.6 is 34.8 Å². The summed E-state index contributed by atoms with van der Waals surface area (Å²) in [5.41, 5.74) is 3.25. The van der Waals surface area contributed by atoms with Crippen LogP contribution in [0.3, 0.4) is 0 Å². The van der Waals surface area contributed by atoms with E-state index in [0.29, 0.717) is 21.6 Å². The first-order chi connectivity index (χ1) is 11.0. The summed E-state index contributed by atoms with van der Waals surface area (Å²) in [7, 11) is 1.99. The second-order valence-corrected chi connectivity index (χ2v) is 6.46. The molecule has 0 aliphatic heterocycles. The molecule has 0 bridgehead atoms. The highest BCUT2D eigenvalue weighted by Gasteiger charge is 2.11. The molecule has 0 unspecified atom stereocenters. The van der Waals surface area contributed by atoms with Crippen LogP contribution in [-0.4, -0.2) is 17.0 Å². The quantitative estimate of drug-likeness (QED) is 0.645. The maximum absolute atomic E-state index is 6.12. The van der Waals surface area contributed by atoms with Crippen molar-refractivity contribution in [1.29, 1.82) is 0 Å². The fraction of sp³-hybridized carbons (Fsp3) is 0.118. The molecular weight excluding hydrogens is 353 g/mol. The van der Waals surface area contributed by atoms with E-state index in [9.17, 15) is 0 Å². The predicted octanol–water partition coefficient (Wildman–Crippen LogP) is 5.67. The molecule has 1 N–H and O–H groups in total. The number of H-pyrrole nitrogens is 1. The molecule has 3 rings (SSSR count). The second-order valence-electron chi connectivity index (χ2n) is 5.21. The highest BCUT2D eigenvalue weighted by Crippen LogP contribution is 2.31. The maximum atomic E-state index is 6.12. The minimum atomic E-state index is 0.545. The number of hydrogen-bond acceptors (Lipinski definition) is 2. The van der Waals surface area contributed by atoms with Crippen LogP contribution in [0.15, 0.2) is 48.9 Å². The average Bonchev–Trinajstić information content (AvgIpc) is 2.99.